The maximum Gasteiger partial charge on any atom is 0.120 e. The predicted octanol–water partition coefficient (Wildman–Crippen LogP) is 1.77. The highest BCUT2D eigenvalue weighted by Crippen LogP contribution is 2.07. The summed E-state index contributed by atoms with van der Waals surface area (Å²) in [7, 11) is 0. The first kappa shape index (κ1) is 7.25. The molecule has 3 heteroatoms. The molecule has 0 heterocycles. The molecule has 0 saturated carbocycles. The van der Waals surface area contributed by atoms with E-state index in [2.05, 4.69) is 0 Å². The lowest BCUT2D eigenvalue weighted by Gasteiger charge is -1.90. The number of aldehydes is 1. The van der Waals surface area contributed by atoms with Gasteiger partial charge < -0.3 is 4.79 Å². The fourth-order valence-corrected chi connectivity index (χ4v) is 0.446. The molecule has 0 N–H and O–H groups in total. The van der Waals surface area contributed by atoms with Crippen LogP contribution in [0.1, 0.15) is 12.8 Å². The van der Waals surface area contributed by atoms with Crippen LogP contribution in [0, 0.1) is 0 Å². The fraction of sp³-hybridized carbons (Fsp3) is 0.750. The molecule has 0 aliphatic rings. The number of halogens is 2. The lowest BCUT2D eigenvalue weighted by Crippen LogP contribution is -1.85. The quantitative estimate of drug-likeness (QED) is 0.432. The first-order chi connectivity index (χ1) is 3.27. The van der Waals surface area contributed by atoms with E-state index in [1.165, 1.54) is 0 Å². The van der Waals surface area contributed by atoms with Gasteiger partial charge in [0.05, 0.1) is 0 Å². The highest BCUT2D eigenvalue weighted by atomic mass is 35.5. The average Bonchev–Trinajstić information content (AvgIpc) is 1.61. The molecule has 0 atom stereocenters. The van der Waals surface area contributed by atoms with Crippen LogP contribution in [-0.2, 0) is 4.79 Å². The monoisotopic (exact) mass is 140 g/mol. The maximum absolute atomic E-state index is 9.59. The molecule has 0 rings (SSSR count). The van der Waals surface area contributed by atoms with Gasteiger partial charge in [-0.15, -0.1) is 23.2 Å². The van der Waals surface area contributed by atoms with E-state index >= 15 is 0 Å². The van der Waals surface area contributed by atoms with E-state index in [0.29, 0.717) is 12.8 Å². The number of hydrogen-bond acceptors (Lipinski definition) is 1. The third-order valence-electron chi connectivity index (χ3n) is 0.503. The zero-order valence-electron chi connectivity index (χ0n) is 3.73. The van der Waals surface area contributed by atoms with Gasteiger partial charge in [0, 0.05) is 6.42 Å². The van der Waals surface area contributed by atoms with Gasteiger partial charge in [-0.1, -0.05) is 0 Å². The van der Waals surface area contributed by atoms with Crippen molar-refractivity contribution in [1.82, 2.24) is 0 Å². The molecule has 0 aromatic rings. The Balaban J connectivity index is 2.81. The number of carbonyl (C=O) groups is 1. The van der Waals surface area contributed by atoms with Crippen molar-refractivity contribution in [3.8, 4) is 0 Å². The van der Waals surface area contributed by atoms with Gasteiger partial charge in [-0.2, -0.15) is 0 Å². The minimum absolute atomic E-state index is 0.384. The Labute approximate surface area is 52.6 Å². The largest absolute Gasteiger partial charge is 0.303 e. The van der Waals surface area contributed by atoms with Crippen molar-refractivity contribution in [2.75, 3.05) is 0 Å². The van der Waals surface area contributed by atoms with E-state index in [9.17, 15) is 4.79 Å². The van der Waals surface area contributed by atoms with Crippen LogP contribution in [-0.4, -0.2) is 11.1 Å². The Kier molecular flexibility index (Phi) is 4.57. The fourth-order valence-electron chi connectivity index (χ4n) is 0.194. The smallest absolute Gasteiger partial charge is 0.120 e. The molecule has 0 aromatic heterocycles. The Hall–Kier alpha value is 0.250. The summed E-state index contributed by atoms with van der Waals surface area (Å²) in [6, 6.07) is 0. The molecule has 0 aliphatic carbocycles. The number of alkyl halides is 2. The van der Waals surface area contributed by atoms with Crippen LogP contribution in [0.3, 0.4) is 0 Å². The number of hydrogen-bond donors (Lipinski definition) is 0. The Morgan fingerprint density at radius 1 is 1.57 bits per heavy atom. The lowest BCUT2D eigenvalue weighted by atomic mass is 10.4. The summed E-state index contributed by atoms with van der Waals surface area (Å²) in [6.45, 7) is 0. The second-order valence-electron chi connectivity index (χ2n) is 1.14. The molecule has 0 bridgehead atoms. The molecular formula is C4H6Cl2O. The Morgan fingerprint density at radius 3 is 2.29 bits per heavy atom. The van der Waals surface area contributed by atoms with Crippen molar-refractivity contribution in [1.29, 1.82) is 0 Å². The topological polar surface area (TPSA) is 17.1 Å². The van der Waals surface area contributed by atoms with E-state index in [1.54, 1.807) is 0 Å². The third kappa shape index (κ3) is 6.25. The molecule has 0 saturated heterocycles. The predicted molar refractivity (Wildman–Crippen MR) is 30.8 cm³/mol. The summed E-state index contributed by atoms with van der Waals surface area (Å²) in [6.07, 6.45) is 1.82. The molecule has 0 amide bonds. The zero-order chi connectivity index (χ0) is 5.70. The molecule has 0 radical (unpaired) electrons. The van der Waals surface area contributed by atoms with Crippen LogP contribution in [0.15, 0.2) is 0 Å². The second-order valence-corrected chi connectivity index (χ2v) is 2.41. The van der Waals surface area contributed by atoms with E-state index in [-0.39, 0.29) is 4.84 Å². The summed E-state index contributed by atoms with van der Waals surface area (Å²) in [5.74, 6) is 0. The van der Waals surface area contributed by atoms with E-state index in [4.69, 9.17) is 23.2 Å². The van der Waals surface area contributed by atoms with Crippen molar-refractivity contribution in [3.05, 3.63) is 0 Å². The summed E-state index contributed by atoms with van der Waals surface area (Å²) in [4.78, 5) is 9.21. The molecule has 1 nitrogen and oxygen atoms in total. The molecule has 0 aliphatic heterocycles. The SMILES string of the molecule is O=CCCC(Cl)Cl. The van der Waals surface area contributed by atoms with Gasteiger partial charge in [0.2, 0.25) is 0 Å². The van der Waals surface area contributed by atoms with Gasteiger partial charge in [-0.05, 0) is 6.42 Å². The molecule has 42 valence electrons. The van der Waals surface area contributed by atoms with Gasteiger partial charge in [-0.3, -0.25) is 0 Å². The Bertz CT molecular complexity index is 53.7. The minimum atomic E-state index is -0.384. The van der Waals surface area contributed by atoms with Gasteiger partial charge in [0.1, 0.15) is 11.1 Å². The third-order valence-corrected chi connectivity index (χ3v) is 0.939. The highest BCUT2D eigenvalue weighted by Gasteiger charge is 1.94. The standard InChI is InChI=1S/C4H6Cl2O/c5-4(6)2-1-3-7/h3-4H,1-2H2. The van der Waals surface area contributed by atoms with Gasteiger partial charge >= 0.3 is 0 Å². The maximum atomic E-state index is 9.59. The summed E-state index contributed by atoms with van der Waals surface area (Å²) < 4.78 is 0. The molecule has 0 unspecified atom stereocenters. The van der Waals surface area contributed by atoms with Crippen LogP contribution >= 0.6 is 23.2 Å². The molecule has 7 heavy (non-hydrogen) atoms. The van der Waals surface area contributed by atoms with Crippen molar-refractivity contribution in [3.63, 3.8) is 0 Å². The summed E-state index contributed by atoms with van der Waals surface area (Å²) in [5, 5.41) is 0. The van der Waals surface area contributed by atoms with E-state index < -0.39 is 0 Å². The molecule has 0 aromatic carbocycles. The first-order valence-corrected chi connectivity index (χ1v) is 2.86. The van der Waals surface area contributed by atoms with E-state index in [1.807, 2.05) is 0 Å². The van der Waals surface area contributed by atoms with Gasteiger partial charge in [0.25, 0.3) is 0 Å². The Morgan fingerprint density at radius 2 is 2.14 bits per heavy atom. The number of carbonyl (C=O) groups excluding carboxylic acids is 1. The zero-order valence-corrected chi connectivity index (χ0v) is 5.24. The van der Waals surface area contributed by atoms with Crippen LogP contribution < -0.4 is 0 Å². The lowest BCUT2D eigenvalue weighted by molar-refractivity contribution is -0.107. The number of rotatable bonds is 3. The van der Waals surface area contributed by atoms with Crippen LogP contribution in [0.4, 0.5) is 0 Å². The second kappa shape index (κ2) is 4.41. The van der Waals surface area contributed by atoms with Crippen molar-refractivity contribution < 1.29 is 4.79 Å². The van der Waals surface area contributed by atoms with Gasteiger partial charge in [0.15, 0.2) is 0 Å². The van der Waals surface area contributed by atoms with Crippen LogP contribution in [0.2, 0.25) is 0 Å². The molecule has 0 spiro atoms. The normalized spacial score (nSPS) is 9.57. The highest BCUT2D eigenvalue weighted by molar-refractivity contribution is 6.44. The average molecular weight is 141 g/mol. The minimum Gasteiger partial charge on any atom is -0.303 e. The van der Waals surface area contributed by atoms with Crippen molar-refractivity contribution in [2.45, 2.75) is 17.7 Å². The first-order valence-electron chi connectivity index (χ1n) is 1.99. The summed E-state index contributed by atoms with van der Waals surface area (Å²) in [5.41, 5.74) is 0. The molecule has 0 fully saturated rings. The van der Waals surface area contributed by atoms with E-state index in [0.717, 1.165) is 6.29 Å². The van der Waals surface area contributed by atoms with Crippen LogP contribution in [0.25, 0.3) is 0 Å². The summed E-state index contributed by atoms with van der Waals surface area (Å²) >= 11 is 10.5. The van der Waals surface area contributed by atoms with Gasteiger partial charge in [-0.25, -0.2) is 0 Å². The van der Waals surface area contributed by atoms with Crippen molar-refractivity contribution >= 4 is 29.5 Å². The molecular weight excluding hydrogens is 135 g/mol. The van der Waals surface area contributed by atoms with Crippen molar-refractivity contribution in [2.24, 2.45) is 0 Å². The van der Waals surface area contributed by atoms with Crippen LogP contribution in [0.5, 0.6) is 0 Å².